The first-order valence-corrected chi connectivity index (χ1v) is 10.7. The molecular weight excluding hydrogens is 360 g/mol. The van der Waals surface area contributed by atoms with Gasteiger partial charge in [0.1, 0.15) is 11.5 Å². The van der Waals surface area contributed by atoms with Crippen LogP contribution >= 0.6 is 0 Å². The van der Waals surface area contributed by atoms with E-state index in [0.717, 1.165) is 29.1 Å². The quantitative estimate of drug-likeness (QED) is 0.574. The first-order chi connectivity index (χ1) is 14.2. The highest BCUT2D eigenvalue weighted by Gasteiger charge is 2.31. The van der Waals surface area contributed by atoms with Crippen LogP contribution in [0.4, 0.5) is 0 Å². The fourth-order valence-corrected chi connectivity index (χ4v) is 3.97. The Bertz CT molecular complexity index is 838. The molecule has 1 aliphatic heterocycles. The molecule has 0 amide bonds. The molecule has 1 saturated heterocycles. The zero-order valence-corrected chi connectivity index (χ0v) is 17.5. The fraction of sp³-hybridized carbons (Fsp3) is 0.458. The molecule has 0 radical (unpaired) electrons. The summed E-state index contributed by atoms with van der Waals surface area (Å²) in [5, 5.41) is 7.07. The monoisotopic (exact) mass is 392 g/mol. The molecule has 5 heteroatoms. The summed E-state index contributed by atoms with van der Waals surface area (Å²) in [6, 6.07) is 17.7. The highest BCUT2D eigenvalue weighted by atomic mass is 16.5. The lowest BCUT2D eigenvalue weighted by atomic mass is 10.1. The number of nitrogens with zero attached hydrogens (tertiary/aromatic N) is 2. The van der Waals surface area contributed by atoms with E-state index in [9.17, 15) is 0 Å². The topological polar surface area (TPSA) is 48.9 Å². The van der Waals surface area contributed by atoms with Gasteiger partial charge in [0.15, 0.2) is 5.96 Å². The van der Waals surface area contributed by atoms with Gasteiger partial charge >= 0.3 is 0 Å². The van der Waals surface area contributed by atoms with Crippen molar-refractivity contribution in [3.05, 3.63) is 59.7 Å². The molecule has 1 heterocycles. The van der Waals surface area contributed by atoms with Crippen LogP contribution in [0.2, 0.25) is 0 Å². The van der Waals surface area contributed by atoms with Crippen LogP contribution in [0.5, 0.6) is 11.5 Å². The molecule has 0 unspecified atom stereocenters. The Balaban J connectivity index is 1.32. The number of likely N-dealkylation sites (tertiary alicyclic amines) is 1. The van der Waals surface area contributed by atoms with E-state index in [1.807, 2.05) is 37.4 Å². The van der Waals surface area contributed by atoms with E-state index in [2.05, 4.69) is 45.6 Å². The third kappa shape index (κ3) is 5.51. The number of para-hydroxylation sites is 1. The highest BCUT2D eigenvalue weighted by molar-refractivity contribution is 5.80. The Morgan fingerprint density at radius 2 is 1.86 bits per heavy atom. The van der Waals surface area contributed by atoms with Gasteiger partial charge in [0.25, 0.3) is 0 Å². The Hall–Kier alpha value is -2.53. The third-order valence-corrected chi connectivity index (χ3v) is 5.79. The highest BCUT2D eigenvalue weighted by Crippen LogP contribution is 2.29. The fourth-order valence-electron chi connectivity index (χ4n) is 3.97. The molecule has 0 aromatic heterocycles. The summed E-state index contributed by atoms with van der Waals surface area (Å²) < 4.78 is 6.14. The Labute approximate surface area is 174 Å². The first kappa shape index (κ1) is 19.8. The molecule has 29 heavy (non-hydrogen) atoms. The molecule has 4 rings (SSSR count). The average Bonchev–Trinajstić information content (AvgIpc) is 3.58. The van der Waals surface area contributed by atoms with Gasteiger partial charge < -0.3 is 20.3 Å². The van der Waals surface area contributed by atoms with Gasteiger partial charge in [-0.3, -0.25) is 4.99 Å². The molecule has 5 nitrogen and oxygen atoms in total. The molecule has 0 bridgehead atoms. The van der Waals surface area contributed by atoms with Gasteiger partial charge in [-0.2, -0.15) is 0 Å². The summed E-state index contributed by atoms with van der Waals surface area (Å²) in [6.45, 7) is 5.15. The lowest BCUT2D eigenvalue weighted by molar-refractivity contribution is 0.197. The van der Waals surface area contributed by atoms with Crippen molar-refractivity contribution in [1.82, 2.24) is 15.5 Å². The summed E-state index contributed by atoms with van der Waals surface area (Å²) in [7, 11) is 1.84. The molecule has 0 spiro atoms. The number of piperidine rings is 1. The number of aliphatic imine (C=N–C) groups is 1. The number of aryl methyl sites for hydroxylation is 1. The van der Waals surface area contributed by atoms with Crippen molar-refractivity contribution in [2.75, 3.05) is 20.1 Å². The summed E-state index contributed by atoms with van der Waals surface area (Å²) in [4.78, 5) is 7.08. The minimum atomic E-state index is 0.495. The van der Waals surface area contributed by atoms with E-state index in [4.69, 9.17) is 4.74 Å². The molecule has 2 fully saturated rings. The van der Waals surface area contributed by atoms with Crippen molar-refractivity contribution in [2.24, 2.45) is 4.99 Å². The second-order valence-corrected chi connectivity index (χ2v) is 8.14. The number of guanidine groups is 1. The molecule has 1 saturated carbocycles. The van der Waals surface area contributed by atoms with Gasteiger partial charge in [-0.15, -0.1) is 0 Å². The van der Waals surface area contributed by atoms with Crippen molar-refractivity contribution in [1.29, 1.82) is 0 Å². The lowest BCUT2D eigenvalue weighted by Crippen LogP contribution is -2.48. The number of rotatable bonds is 6. The van der Waals surface area contributed by atoms with Crippen molar-refractivity contribution >= 4 is 5.96 Å². The maximum Gasteiger partial charge on any atom is 0.191 e. The predicted molar refractivity (Wildman–Crippen MR) is 119 cm³/mol. The van der Waals surface area contributed by atoms with E-state index < -0.39 is 0 Å². The number of nitrogens with one attached hydrogen (secondary N) is 2. The Kier molecular flexibility index (Phi) is 6.35. The first-order valence-electron chi connectivity index (χ1n) is 10.7. The normalized spacial score (nSPS) is 18.5. The largest absolute Gasteiger partial charge is 0.457 e. The molecule has 1 aliphatic carbocycles. The van der Waals surface area contributed by atoms with E-state index in [1.54, 1.807) is 0 Å². The summed E-state index contributed by atoms with van der Waals surface area (Å²) in [5.74, 6) is 2.60. The minimum Gasteiger partial charge on any atom is -0.457 e. The molecule has 2 N–H and O–H groups in total. The summed E-state index contributed by atoms with van der Waals surface area (Å²) in [6.07, 6.45) is 5.16. The Morgan fingerprint density at radius 1 is 1.07 bits per heavy atom. The second kappa shape index (κ2) is 9.31. The van der Waals surface area contributed by atoms with Gasteiger partial charge in [0.05, 0.1) is 0 Å². The van der Waals surface area contributed by atoms with Crippen LogP contribution in [-0.2, 0) is 6.54 Å². The molecule has 2 aliphatic rings. The lowest BCUT2D eigenvalue weighted by Gasteiger charge is -2.33. The molecule has 154 valence electrons. The SMILES string of the molecule is CN=C(NCc1ccccc1Oc1cccc(C)c1)NC1CCN(C2CC2)CC1. The van der Waals surface area contributed by atoms with Crippen LogP contribution < -0.4 is 15.4 Å². The van der Waals surface area contributed by atoms with E-state index >= 15 is 0 Å². The van der Waals surface area contributed by atoms with E-state index in [-0.39, 0.29) is 0 Å². The molecule has 0 atom stereocenters. The standard InChI is InChI=1S/C24H32N4O/c1-18-6-5-8-22(16-18)29-23-9-4-3-7-19(23)17-26-24(25-2)27-20-12-14-28(15-13-20)21-10-11-21/h3-9,16,20-21H,10-15,17H2,1-2H3,(H2,25,26,27). The average molecular weight is 393 g/mol. The number of benzene rings is 2. The summed E-state index contributed by atoms with van der Waals surface area (Å²) in [5.41, 5.74) is 2.30. The number of ether oxygens (including phenoxy) is 1. The van der Waals surface area contributed by atoms with Crippen LogP contribution in [0.3, 0.4) is 0 Å². The van der Waals surface area contributed by atoms with Gasteiger partial charge in [0, 0.05) is 44.3 Å². The minimum absolute atomic E-state index is 0.495. The number of hydrogen-bond acceptors (Lipinski definition) is 3. The van der Waals surface area contributed by atoms with Crippen LogP contribution in [0.15, 0.2) is 53.5 Å². The molecular formula is C24H32N4O. The second-order valence-electron chi connectivity index (χ2n) is 8.14. The zero-order chi connectivity index (χ0) is 20.1. The van der Waals surface area contributed by atoms with Gasteiger partial charge in [0.2, 0.25) is 0 Å². The number of hydrogen-bond donors (Lipinski definition) is 2. The summed E-state index contributed by atoms with van der Waals surface area (Å²) >= 11 is 0. The molecule has 2 aromatic carbocycles. The van der Waals surface area contributed by atoms with Gasteiger partial charge in [-0.1, -0.05) is 30.3 Å². The van der Waals surface area contributed by atoms with Crippen molar-refractivity contribution in [3.63, 3.8) is 0 Å². The Morgan fingerprint density at radius 3 is 2.59 bits per heavy atom. The van der Waals surface area contributed by atoms with E-state index in [1.165, 1.54) is 44.3 Å². The molecule has 2 aromatic rings. The van der Waals surface area contributed by atoms with Crippen molar-refractivity contribution in [2.45, 2.75) is 51.2 Å². The smallest absolute Gasteiger partial charge is 0.191 e. The van der Waals surface area contributed by atoms with Crippen LogP contribution in [0.1, 0.15) is 36.8 Å². The predicted octanol–water partition coefficient (Wildman–Crippen LogP) is 4.08. The van der Waals surface area contributed by atoms with Gasteiger partial charge in [-0.05, 0) is 56.4 Å². The van der Waals surface area contributed by atoms with Crippen LogP contribution in [0.25, 0.3) is 0 Å². The van der Waals surface area contributed by atoms with Crippen molar-refractivity contribution in [3.8, 4) is 11.5 Å². The van der Waals surface area contributed by atoms with Crippen LogP contribution in [-0.4, -0.2) is 43.1 Å². The maximum absolute atomic E-state index is 6.14. The zero-order valence-electron chi connectivity index (χ0n) is 17.5. The van der Waals surface area contributed by atoms with Crippen LogP contribution in [0, 0.1) is 6.92 Å². The maximum atomic E-state index is 6.14. The van der Waals surface area contributed by atoms with E-state index in [0.29, 0.717) is 12.6 Å². The third-order valence-electron chi connectivity index (χ3n) is 5.79. The van der Waals surface area contributed by atoms with Crippen molar-refractivity contribution < 1.29 is 4.74 Å². The van der Waals surface area contributed by atoms with Gasteiger partial charge in [-0.25, -0.2) is 0 Å².